The lowest BCUT2D eigenvalue weighted by Crippen LogP contribution is -2.37. The second-order valence-electron chi connectivity index (χ2n) is 6.19. The monoisotopic (exact) mass is 370 g/mol. The number of rotatable bonds is 7. The van der Waals surface area contributed by atoms with Crippen LogP contribution in [0.1, 0.15) is 11.3 Å². The highest BCUT2D eigenvalue weighted by Crippen LogP contribution is 2.28. The summed E-state index contributed by atoms with van der Waals surface area (Å²) < 4.78 is 5.15. The van der Waals surface area contributed by atoms with Gasteiger partial charge < -0.3 is 14.5 Å². The molecular weight excluding hydrogens is 348 g/mol. The number of thiophene rings is 1. The number of hydrogen-bond donors (Lipinski definition) is 0. The van der Waals surface area contributed by atoms with E-state index < -0.39 is 0 Å². The number of benzene rings is 1. The van der Waals surface area contributed by atoms with E-state index in [1.54, 1.807) is 34.3 Å². The van der Waals surface area contributed by atoms with Crippen LogP contribution in [0.15, 0.2) is 54.4 Å². The minimum atomic E-state index is -0.329. The van der Waals surface area contributed by atoms with Crippen LogP contribution in [0.5, 0.6) is 5.75 Å². The van der Waals surface area contributed by atoms with Crippen LogP contribution in [-0.2, 0) is 16.1 Å². The second kappa shape index (κ2) is 8.19. The lowest BCUT2D eigenvalue weighted by atomic mass is 10.1. The molecule has 2 aromatic rings. The molecule has 0 saturated carbocycles. The summed E-state index contributed by atoms with van der Waals surface area (Å²) in [4.78, 5) is 30.0. The lowest BCUT2D eigenvalue weighted by molar-refractivity contribution is -0.135. The number of methoxy groups -OCH3 is 1. The summed E-state index contributed by atoms with van der Waals surface area (Å²) in [6.07, 6.45) is 1.96. The molecule has 3 rings (SSSR count). The number of amides is 2. The molecule has 5 nitrogen and oxygen atoms in total. The predicted octanol–water partition coefficient (Wildman–Crippen LogP) is 3.32. The molecule has 0 aliphatic carbocycles. The Morgan fingerprint density at radius 3 is 2.77 bits per heavy atom. The van der Waals surface area contributed by atoms with Crippen molar-refractivity contribution < 1.29 is 14.3 Å². The van der Waals surface area contributed by atoms with Crippen LogP contribution in [0.25, 0.3) is 0 Å². The second-order valence-corrected chi connectivity index (χ2v) is 7.22. The molecule has 26 heavy (non-hydrogen) atoms. The molecule has 0 bridgehead atoms. The fourth-order valence-electron chi connectivity index (χ4n) is 3.12. The van der Waals surface area contributed by atoms with Gasteiger partial charge >= 0.3 is 0 Å². The topological polar surface area (TPSA) is 49.9 Å². The van der Waals surface area contributed by atoms with Crippen molar-refractivity contribution in [3.63, 3.8) is 0 Å². The van der Waals surface area contributed by atoms with Gasteiger partial charge in [-0.05, 0) is 35.7 Å². The van der Waals surface area contributed by atoms with Gasteiger partial charge in [-0.25, -0.2) is 0 Å². The average Bonchev–Trinajstić information content (AvgIpc) is 3.30. The van der Waals surface area contributed by atoms with E-state index in [0.717, 1.165) is 16.3 Å². The highest BCUT2D eigenvalue weighted by atomic mass is 32.1. The highest BCUT2D eigenvalue weighted by Gasteiger charge is 2.37. The normalized spacial score (nSPS) is 16.6. The summed E-state index contributed by atoms with van der Waals surface area (Å²) >= 11 is 1.62. The van der Waals surface area contributed by atoms with E-state index in [2.05, 4.69) is 6.58 Å². The van der Waals surface area contributed by atoms with Gasteiger partial charge in [0.15, 0.2) is 0 Å². The van der Waals surface area contributed by atoms with Crippen molar-refractivity contribution in [2.24, 2.45) is 5.92 Å². The first-order valence-electron chi connectivity index (χ1n) is 8.49. The Kier molecular flexibility index (Phi) is 5.73. The van der Waals surface area contributed by atoms with Crippen LogP contribution in [-0.4, -0.2) is 36.9 Å². The van der Waals surface area contributed by atoms with Crippen molar-refractivity contribution >= 4 is 28.8 Å². The van der Waals surface area contributed by atoms with Gasteiger partial charge in [0.05, 0.1) is 19.6 Å². The molecule has 1 aliphatic rings. The predicted molar refractivity (Wildman–Crippen MR) is 103 cm³/mol. The van der Waals surface area contributed by atoms with E-state index in [1.807, 2.05) is 41.8 Å². The van der Waals surface area contributed by atoms with Crippen LogP contribution < -0.4 is 9.64 Å². The number of anilines is 1. The molecule has 0 radical (unpaired) electrons. The first-order chi connectivity index (χ1) is 12.6. The van der Waals surface area contributed by atoms with Crippen LogP contribution in [0.4, 0.5) is 5.69 Å². The van der Waals surface area contributed by atoms with Crippen molar-refractivity contribution in [3.05, 3.63) is 59.3 Å². The molecule has 1 atom stereocenters. The Bertz CT molecular complexity index is 771. The van der Waals surface area contributed by atoms with Crippen LogP contribution in [0.3, 0.4) is 0 Å². The Balaban J connectivity index is 1.70. The Morgan fingerprint density at radius 2 is 2.15 bits per heavy atom. The van der Waals surface area contributed by atoms with Crippen molar-refractivity contribution in [1.82, 2.24) is 4.90 Å². The molecule has 1 fully saturated rings. The smallest absolute Gasteiger partial charge is 0.228 e. The van der Waals surface area contributed by atoms with Gasteiger partial charge in [-0.3, -0.25) is 9.59 Å². The van der Waals surface area contributed by atoms with E-state index in [1.165, 1.54) is 0 Å². The fraction of sp³-hybridized carbons (Fsp3) is 0.300. The number of hydrogen-bond acceptors (Lipinski definition) is 4. The zero-order valence-electron chi connectivity index (χ0n) is 14.8. The first-order valence-corrected chi connectivity index (χ1v) is 9.37. The molecule has 6 heteroatoms. The van der Waals surface area contributed by atoms with E-state index in [4.69, 9.17) is 4.74 Å². The minimum absolute atomic E-state index is 0.00246. The molecule has 1 saturated heterocycles. The maximum Gasteiger partial charge on any atom is 0.228 e. The summed E-state index contributed by atoms with van der Waals surface area (Å²) in [5, 5.41) is 2.00. The van der Waals surface area contributed by atoms with Crippen molar-refractivity contribution in [2.45, 2.75) is 13.0 Å². The van der Waals surface area contributed by atoms with Gasteiger partial charge in [-0.1, -0.05) is 12.1 Å². The standard InChI is InChI=1S/C20H22N2O3S/c1-3-10-21(14-18-5-4-11-26-18)20(24)15-12-19(23)22(13-15)16-6-8-17(25-2)9-7-16/h3-9,11,15H,1,10,12-14H2,2H3. The Labute approximate surface area is 157 Å². The molecule has 1 aromatic heterocycles. The zero-order valence-corrected chi connectivity index (χ0v) is 15.6. The quantitative estimate of drug-likeness (QED) is 0.703. The van der Waals surface area contributed by atoms with E-state index in [-0.39, 0.29) is 24.2 Å². The summed E-state index contributed by atoms with van der Waals surface area (Å²) in [7, 11) is 1.60. The van der Waals surface area contributed by atoms with Crippen LogP contribution in [0.2, 0.25) is 0 Å². The molecular formula is C20H22N2O3S. The average molecular weight is 370 g/mol. The number of carbonyl (C=O) groups excluding carboxylic acids is 2. The molecule has 0 spiro atoms. The Hall–Kier alpha value is -2.60. The molecule has 1 unspecified atom stereocenters. The summed E-state index contributed by atoms with van der Waals surface area (Å²) in [6.45, 7) is 5.19. The summed E-state index contributed by atoms with van der Waals surface area (Å²) in [5.74, 6) is 0.386. The molecule has 2 amide bonds. The molecule has 2 heterocycles. The van der Waals surface area contributed by atoms with Gasteiger partial charge in [0.2, 0.25) is 11.8 Å². The maximum atomic E-state index is 13.0. The maximum absolute atomic E-state index is 13.0. The first kappa shape index (κ1) is 18.2. The SMILES string of the molecule is C=CCN(Cc1cccs1)C(=O)C1CC(=O)N(c2ccc(OC)cc2)C1. The van der Waals surface area contributed by atoms with Crippen molar-refractivity contribution in [1.29, 1.82) is 0 Å². The van der Waals surface area contributed by atoms with E-state index >= 15 is 0 Å². The van der Waals surface area contributed by atoms with Crippen LogP contribution in [0, 0.1) is 5.92 Å². The summed E-state index contributed by atoms with van der Waals surface area (Å²) in [5.41, 5.74) is 0.791. The third kappa shape index (κ3) is 3.96. The fourth-order valence-corrected chi connectivity index (χ4v) is 3.84. The lowest BCUT2D eigenvalue weighted by Gasteiger charge is -2.24. The number of carbonyl (C=O) groups is 2. The van der Waals surface area contributed by atoms with Gasteiger partial charge in [0.25, 0.3) is 0 Å². The van der Waals surface area contributed by atoms with Gasteiger partial charge in [0, 0.05) is 30.1 Å². The van der Waals surface area contributed by atoms with Crippen LogP contribution >= 0.6 is 11.3 Å². The third-order valence-corrected chi connectivity index (χ3v) is 5.31. The van der Waals surface area contributed by atoms with Gasteiger partial charge in [-0.15, -0.1) is 17.9 Å². The molecule has 1 aromatic carbocycles. The Morgan fingerprint density at radius 1 is 1.38 bits per heavy atom. The summed E-state index contributed by atoms with van der Waals surface area (Å²) in [6, 6.07) is 11.3. The van der Waals surface area contributed by atoms with Gasteiger partial charge in [0.1, 0.15) is 5.75 Å². The molecule has 136 valence electrons. The number of nitrogens with zero attached hydrogens (tertiary/aromatic N) is 2. The van der Waals surface area contributed by atoms with E-state index in [9.17, 15) is 9.59 Å². The third-order valence-electron chi connectivity index (χ3n) is 4.45. The van der Waals surface area contributed by atoms with E-state index in [0.29, 0.717) is 19.6 Å². The molecule has 1 aliphatic heterocycles. The largest absolute Gasteiger partial charge is 0.497 e. The zero-order chi connectivity index (χ0) is 18.5. The molecule has 0 N–H and O–H groups in total. The van der Waals surface area contributed by atoms with Gasteiger partial charge in [-0.2, -0.15) is 0 Å². The van der Waals surface area contributed by atoms with Crippen molar-refractivity contribution in [3.8, 4) is 5.75 Å². The minimum Gasteiger partial charge on any atom is -0.497 e. The number of ether oxygens (including phenoxy) is 1. The van der Waals surface area contributed by atoms with Crippen molar-refractivity contribution in [2.75, 3.05) is 25.1 Å². The highest BCUT2D eigenvalue weighted by molar-refractivity contribution is 7.09.